The minimum Gasteiger partial charge on any atom is -0.481 e. The van der Waals surface area contributed by atoms with E-state index in [9.17, 15) is 14.4 Å². The van der Waals surface area contributed by atoms with Crippen molar-refractivity contribution in [2.75, 3.05) is 13.1 Å². The number of primary amides is 1. The van der Waals surface area contributed by atoms with Crippen LogP contribution in [0, 0.1) is 5.92 Å². The van der Waals surface area contributed by atoms with Crippen LogP contribution in [0.3, 0.4) is 0 Å². The molecule has 0 bridgehead atoms. The number of benzene rings is 1. The number of carbonyl (C=O) groups excluding carboxylic acids is 2. The molecule has 0 spiro atoms. The van der Waals surface area contributed by atoms with Gasteiger partial charge in [0.2, 0.25) is 5.91 Å². The maximum Gasteiger partial charge on any atom is 0.308 e. The van der Waals surface area contributed by atoms with Gasteiger partial charge in [-0.25, -0.2) is 0 Å². The molecule has 20 heavy (non-hydrogen) atoms. The van der Waals surface area contributed by atoms with Crippen LogP contribution >= 0.6 is 0 Å². The lowest BCUT2D eigenvalue weighted by Gasteiger charge is -2.30. The highest BCUT2D eigenvalue weighted by Crippen LogP contribution is 2.19. The van der Waals surface area contributed by atoms with E-state index in [-0.39, 0.29) is 12.5 Å². The molecule has 1 aliphatic rings. The van der Waals surface area contributed by atoms with Crippen LogP contribution in [0.25, 0.3) is 0 Å². The van der Waals surface area contributed by atoms with Gasteiger partial charge in [-0.05, 0) is 37.1 Å². The van der Waals surface area contributed by atoms with E-state index < -0.39 is 17.8 Å². The molecule has 0 aliphatic carbocycles. The molecular formula is C14H16N2O4. The molecule has 106 valence electrons. The molecule has 1 unspecified atom stereocenters. The summed E-state index contributed by atoms with van der Waals surface area (Å²) in [5, 5.41) is 9.02. The molecule has 1 fully saturated rings. The summed E-state index contributed by atoms with van der Waals surface area (Å²) < 4.78 is 0. The highest BCUT2D eigenvalue weighted by molar-refractivity contribution is 5.97. The third-order valence-electron chi connectivity index (χ3n) is 3.47. The number of hydrogen-bond donors (Lipinski definition) is 2. The predicted octanol–water partition coefficient (Wildman–Crippen LogP) is 0.722. The third-order valence-corrected chi connectivity index (χ3v) is 3.47. The van der Waals surface area contributed by atoms with Crippen LogP contribution < -0.4 is 5.73 Å². The van der Waals surface area contributed by atoms with Crippen LogP contribution in [0.2, 0.25) is 0 Å². The number of amides is 2. The summed E-state index contributed by atoms with van der Waals surface area (Å²) in [6.07, 6.45) is 1.28. The largest absolute Gasteiger partial charge is 0.481 e. The zero-order valence-corrected chi connectivity index (χ0v) is 10.9. The van der Waals surface area contributed by atoms with Crippen molar-refractivity contribution in [2.24, 2.45) is 11.7 Å². The summed E-state index contributed by atoms with van der Waals surface area (Å²) in [4.78, 5) is 35.8. The Morgan fingerprint density at radius 1 is 1.15 bits per heavy atom. The number of piperidine rings is 1. The second-order valence-electron chi connectivity index (χ2n) is 4.87. The summed E-state index contributed by atoms with van der Waals surface area (Å²) in [5.74, 6) is -2.14. The first-order valence-electron chi connectivity index (χ1n) is 6.41. The highest BCUT2D eigenvalue weighted by Gasteiger charge is 2.28. The molecule has 1 heterocycles. The van der Waals surface area contributed by atoms with Gasteiger partial charge in [0, 0.05) is 24.2 Å². The van der Waals surface area contributed by atoms with Gasteiger partial charge in [0.15, 0.2) is 0 Å². The fourth-order valence-corrected chi connectivity index (χ4v) is 2.32. The molecule has 1 aromatic carbocycles. The first-order chi connectivity index (χ1) is 9.49. The van der Waals surface area contributed by atoms with Crippen LogP contribution in [0.1, 0.15) is 33.6 Å². The summed E-state index contributed by atoms with van der Waals surface area (Å²) in [7, 11) is 0. The number of rotatable bonds is 3. The van der Waals surface area contributed by atoms with Crippen molar-refractivity contribution < 1.29 is 19.5 Å². The lowest BCUT2D eigenvalue weighted by atomic mass is 9.97. The zero-order valence-electron chi connectivity index (χ0n) is 10.9. The van der Waals surface area contributed by atoms with E-state index >= 15 is 0 Å². The van der Waals surface area contributed by atoms with Crippen molar-refractivity contribution >= 4 is 17.8 Å². The Labute approximate surface area is 116 Å². The Hall–Kier alpha value is -2.37. The minimum atomic E-state index is -0.869. The first-order valence-corrected chi connectivity index (χ1v) is 6.41. The molecule has 2 rings (SSSR count). The van der Waals surface area contributed by atoms with Crippen molar-refractivity contribution in [3.63, 3.8) is 0 Å². The van der Waals surface area contributed by atoms with E-state index in [1.165, 1.54) is 24.3 Å². The molecule has 1 aliphatic heterocycles. The van der Waals surface area contributed by atoms with Gasteiger partial charge < -0.3 is 15.7 Å². The number of carbonyl (C=O) groups is 3. The summed E-state index contributed by atoms with van der Waals surface area (Å²) in [6, 6.07) is 6.06. The van der Waals surface area contributed by atoms with E-state index in [1.54, 1.807) is 4.90 Å². The van der Waals surface area contributed by atoms with Crippen LogP contribution in [0.15, 0.2) is 24.3 Å². The number of aliphatic carboxylic acids is 1. The van der Waals surface area contributed by atoms with Crippen molar-refractivity contribution in [3.8, 4) is 0 Å². The van der Waals surface area contributed by atoms with Crippen molar-refractivity contribution in [1.29, 1.82) is 0 Å². The molecule has 1 saturated heterocycles. The van der Waals surface area contributed by atoms with Crippen LogP contribution in [0.4, 0.5) is 0 Å². The Morgan fingerprint density at radius 3 is 2.30 bits per heavy atom. The van der Waals surface area contributed by atoms with E-state index in [2.05, 4.69) is 0 Å². The van der Waals surface area contributed by atoms with E-state index in [4.69, 9.17) is 10.8 Å². The lowest BCUT2D eigenvalue weighted by molar-refractivity contribution is -0.143. The van der Waals surface area contributed by atoms with Gasteiger partial charge in [0.25, 0.3) is 5.91 Å². The van der Waals surface area contributed by atoms with E-state index in [0.717, 1.165) is 0 Å². The van der Waals surface area contributed by atoms with Crippen molar-refractivity contribution in [2.45, 2.75) is 12.8 Å². The highest BCUT2D eigenvalue weighted by atomic mass is 16.4. The van der Waals surface area contributed by atoms with Crippen LogP contribution in [0.5, 0.6) is 0 Å². The SMILES string of the molecule is NC(=O)c1ccc(C(=O)N2CCCC(C(=O)O)C2)cc1. The summed E-state index contributed by atoms with van der Waals surface area (Å²) in [6.45, 7) is 0.784. The molecule has 6 nitrogen and oxygen atoms in total. The number of hydrogen-bond acceptors (Lipinski definition) is 3. The second kappa shape index (κ2) is 5.73. The summed E-state index contributed by atoms with van der Waals surface area (Å²) >= 11 is 0. The fourth-order valence-electron chi connectivity index (χ4n) is 2.32. The molecule has 0 radical (unpaired) electrons. The molecule has 0 aromatic heterocycles. The Bertz CT molecular complexity index is 539. The van der Waals surface area contributed by atoms with E-state index in [0.29, 0.717) is 30.5 Å². The number of carboxylic acid groups (broad SMARTS) is 1. The molecule has 1 aromatic rings. The van der Waals surface area contributed by atoms with Gasteiger partial charge >= 0.3 is 5.97 Å². The molecule has 0 saturated carbocycles. The van der Waals surface area contributed by atoms with Crippen LogP contribution in [-0.4, -0.2) is 40.9 Å². The second-order valence-corrected chi connectivity index (χ2v) is 4.87. The van der Waals surface area contributed by atoms with Gasteiger partial charge in [-0.2, -0.15) is 0 Å². The van der Waals surface area contributed by atoms with Crippen molar-refractivity contribution in [3.05, 3.63) is 35.4 Å². The Balaban J connectivity index is 2.10. The predicted molar refractivity (Wildman–Crippen MR) is 71.2 cm³/mol. The standard InChI is InChI=1S/C14H16N2O4/c15-12(17)9-3-5-10(6-4-9)13(18)16-7-1-2-11(8-16)14(19)20/h3-6,11H,1-2,7-8H2,(H2,15,17)(H,19,20). The topological polar surface area (TPSA) is 101 Å². The summed E-state index contributed by atoms with van der Waals surface area (Å²) in [5.41, 5.74) is 5.90. The lowest BCUT2D eigenvalue weighted by Crippen LogP contribution is -2.42. The van der Waals surface area contributed by atoms with Gasteiger partial charge in [-0.15, -0.1) is 0 Å². The van der Waals surface area contributed by atoms with Gasteiger partial charge in [0.05, 0.1) is 5.92 Å². The average Bonchev–Trinajstić information content (AvgIpc) is 2.46. The number of nitrogens with two attached hydrogens (primary N) is 1. The normalized spacial score (nSPS) is 18.6. The molecule has 2 amide bonds. The smallest absolute Gasteiger partial charge is 0.308 e. The number of likely N-dealkylation sites (tertiary alicyclic amines) is 1. The molecular weight excluding hydrogens is 260 g/mol. The minimum absolute atomic E-state index is 0.216. The Kier molecular flexibility index (Phi) is 4.02. The number of nitrogens with zero attached hydrogens (tertiary/aromatic N) is 1. The fraction of sp³-hybridized carbons (Fsp3) is 0.357. The molecule has 3 N–H and O–H groups in total. The monoisotopic (exact) mass is 276 g/mol. The Morgan fingerprint density at radius 2 is 1.75 bits per heavy atom. The van der Waals surface area contributed by atoms with Crippen molar-refractivity contribution in [1.82, 2.24) is 4.90 Å². The van der Waals surface area contributed by atoms with Gasteiger partial charge in [0.1, 0.15) is 0 Å². The quantitative estimate of drug-likeness (QED) is 0.849. The molecule has 6 heteroatoms. The maximum atomic E-state index is 12.3. The van der Waals surface area contributed by atoms with Crippen LogP contribution in [-0.2, 0) is 4.79 Å². The van der Waals surface area contributed by atoms with E-state index in [1.807, 2.05) is 0 Å². The van der Waals surface area contributed by atoms with Gasteiger partial charge in [-0.1, -0.05) is 0 Å². The first kappa shape index (κ1) is 14.0. The van der Waals surface area contributed by atoms with Gasteiger partial charge in [-0.3, -0.25) is 14.4 Å². The maximum absolute atomic E-state index is 12.3. The molecule has 1 atom stereocenters. The zero-order chi connectivity index (χ0) is 14.7. The third kappa shape index (κ3) is 2.96. The number of carboxylic acids is 1. The average molecular weight is 276 g/mol.